The number of thioether (sulfide) groups is 1. The first-order chi connectivity index (χ1) is 13.6. The Morgan fingerprint density at radius 3 is 2.93 bits per heavy atom. The molecule has 4 rings (SSSR count). The molecule has 0 saturated carbocycles. The molecular formula is C17H18N6O3S2. The lowest BCUT2D eigenvalue weighted by Crippen LogP contribution is -2.39. The van der Waals surface area contributed by atoms with Crippen molar-refractivity contribution in [3.8, 4) is 10.7 Å². The molecule has 0 radical (unpaired) electrons. The lowest BCUT2D eigenvalue weighted by molar-refractivity contribution is 0.392. The van der Waals surface area contributed by atoms with E-state index in [-0.39, 0.29) is 11.2 Å². The van der Waals surface area contributed by atoms with Crippen molar-refractivity contribution in [3.63, 3.8) is 0 Å². The second-order valence-corrected chi connectivity index (χ2v) is 8.27. The van der Waals surface area contributed by atoms with Gasteiger partial charge in [-0.25, -0.2) is 9.78 Å². The number of fused-ring (bicyclic) bond motifs is 1. The Morgan fingerprint density at radius 1 is 1.29 bits per heavy atom. The van der Waals surface area contributed by atoms with Crippen molar-refractivity contribution in [2.45, 2.75) is 18.7 Å². The third-order valence-electron chi connectivity index (χ3n) is 4.31. The summed E-state index contributed by atoms with van der Waals surface area (Å²) in [5.74, 6) is 2.52. The Morgan fingerprint density at radius 2 is 2.14 bits per heavy atom. The predicted octanol–water partition coefficient (Wildman–Crippen LogP) is 1.87. The van der Waals surface area contributed by atoms with Gasteiger partial charge < -0.3 is 9.09 Å². The minimum absolute atomic E-state index is 0.305. The number of hydrogen-bond acceptors (Lipinski definition) is 8. The molecule has 4 aromatic heterocycles. The first kappa shape index (κ1) is 18.7. The molecule has 146 valence electrons. The quantitative estimate of drug-likeness (QED) is 0.422. The van der Waals surface area contributed by atoms with Crippen LogP contribution >= 0.6 is 23.1 Å². The van der Waals surface area contributed by atoms with Crippen molar-refractivity contribution in [2.24, 2.45) is 14.1 Å². The molecule has 0 spiro atoms. The zero-order chi connectivity index (χ0) is 19.7. The van der Waals surface area contributed by atoms with E-state index in [0.717, 1.165) is 10.6 Å². The van der Waals surface area contributed by atoms with E-state index in [4.69, 9.17) is 4.52 Å². The van der Waals surface area contributed by atoms with E-state index < -0.39 is 0 Å². The molecule has 0 aromatic carbocycles. The largest absolute Gasteiger partial charge is 0.338 e. The zero-order valence-corrected chi connectivity index (χ0v) is 17.0. The molecule has 11 heteroatoms. The van der Waals surface area contributed by atoms with Crippen LogP contribution in [0, 0.1) is 0 Å². The fourth-order valence-corrected chi connectivity index (χ4v) is 4.32. The van der Waals surface area contributed by atoms with Crippen LogP contribution in [0.15, 0.2) is 38.0 Å². The average molecular weight is 419 g/mol. The van der Waals surface area contributed by atoms with Gasteiger partial charge in [0.05, 0.1) is 17.0 Å². The molecule has 28 heavy (non-hydrogen) atoms. The van der Waals surface area contributed by atoms with Crippen molar-refractivity contribution in [1.29, 1.82) is 0 Å². The van der Waals surface area contributed by atoms with Crippen LogP contribution in [0.5, 0.6) is 0 Å². The number of imidazole rings is 1. The maximum absolute atomic E-state index is 12.6. The summed E-state index contributed by atoms with van der Waals surface area (Å²) in [6.45, 7) is 0.351. The normalized spacial score (nSPS) is 11.5. The molecule has 0 aliphatic carbocycles. The fraction of sp³-hybridized carbons (Fsp3) is 0.353. The number of thiophene rings is 1. The third kappa shape index (κ3) is 3.42. The van der Waals surface area contributed by atoms with Gasteiger partial charge in [0.25, 0.3) is 5.56 Å². The van der Waals surface area contributed by atoms with Gasteiger partial charge in [0.15, 0.2) is 11.2 Å². The van der Waals surface area contributed by atoms with Crippen LogP contribution in [0.25, 0.3) is 21.9 Å². The van der Waals surface area contributed by atoms with Crippen LogP contribution in [0.2, 0.25) is 0 Å². The molecular weight excluding hydrogens is 400 g/mol. The van der Waals surface area contributed by atoms with Gasteiger partial charge in [0, 0.05) is 20.6 Å². The highest BCUT2D eigenvalue weighted by molar-refractivity contribution is 7.98. The van der Waals surface area contributed by atoms with Gasteiger partial charge in [-0.1, -0.05) is 11.2 Å². The fourth-order valence-electron chi connectivity index (χ4n) is 2.90. The smallest absolute Gasteiger partial charge is 0.332 e. The van der Waals surface area contributed by atoms with Crippen LogP contribution in [0.1, 0.15) is 12.3 Å². The van der Waals surface area contributed by atoms with E-state index in [1.807, 2.05) is 17.5 Å². The predicted molar refractivity (Wildman–Crippen MR) is 109 cm³/mol. The summed E-state index contributed by atoms with van der Waals surface area (Å²) in [5, 5.41) is 5.95. The Kier molecular flexibility index (Phi) is 5.18. The van der Waals surface area contributed by atoms with Crippen molar-refractivity contribution in [2.75, 3.05) is 5.75 Å². The molecule has 0 saturated heterocycles. The maximum atomic E-state index is 12.6. The van der Waals surface area contributed by atoms with Crippen LogP contribution < -0.4 is 11.2 Å². The Bertz CT molecular complexity index is 1220. The third-order valence-corrected chi connectivity index (χ3v) is 6.20. The van der Waals surface area contributed by atoms with Crippen molar-refractivity contribution >= 4 is 34.3 Å². The Labute approximate surface area is 167 Å². The number of rotatable bonds is 7. The summed E-state index contributed by atoms with van der Waals surface area (Å²) in [4.78, 5) is 34.6. The lowest BCUT2D eigenvalue weighted by Gasteiger charge is -2.08. The first-order valence-corrected chi connectivity index (χ1v) is 10.6. The molecule has 0 unspecified atom stereocenters. The van der Waals surface area contributed by atoms with Gasteiger partial charge in [-0.2, -0.15) is 16.7 Å². The van der Waals surface area contributed by atoms with Crippen LogP contribution in [-0.2, 0) is 26.4 Å². The first-order valence-electron chi connectivity index (χ1n) is 8.61. The maximum Gasteiger partial charge on any atom is 0.332 e. The van der Waals surface area contributed by atoms with Crippen molar-refractivity contribution in [1.82, 2.24) is 28.8 Å². The minimum atomic E-state index is -0.348. The van der Waals surface area contributed by atoms with E-state index in [0.29, 0.717) is 41.6 Å². The van der Waals surface area contributed by atoms with Gasteiger partial charge >= 0.3 is 5.69 Å². The molecule has 0 aliphatic heterocycles. The monoisotopic (exact) mass is 418 g/mol. The highest BCUT2D eigenvalue weighted by Gasteiger charge is 2.14. The molecule has 9 nitrogen and oxygen atoms in total. The van der Waals surface area contributed by atoms with Crippen LogP contribution in [-0.4, -0.2) is 34.6 Å². The number of aryl methyl sites for hydroxylation is 2. The summed E-state index contributed by atoms with van der Waals surface area (Å²) < 4.78 is 9.59. The second-order valence-electron chi connectivity index (χ2n) is 6.22. The highest BCUT2D eigenvalue weighted by Crippen LogP contribution is 2.22. The molecule has 0 bridgehead atoms. The molecule has 0 fully saturated rings. The van der Waals surface area contributed by atoms with Gasteiger partial charge in [-0.3, -0.25) is 13.9 Å². The topological polar surface area (TPSA) is 101 Å². The molecule has 0 aliphatic rings. The SMILES string of the molecule is Cn1cnc2c1c(=O)n(CCCSCc1nc(-c3cccs3)no1)c(=O)n2C. The summed E-state index contributed by atoms with van der Waals surface area (Å²) in [5.41, 5.74) is 0.182. The standard InChI is InChI=1S/C17H18N6O3S2/c1-21-10-18-15-13(21)16(24)23(17(25)22(15)2)6-4-7-27-9-12-19-14(20-26-12)11-5-3-8-28-11/h3,5,8,10H,4,6-7,9H2,1-2H3. The van der Waals surface area contributed by atoms with E-state index in [1.165, 1.54) is 9.13 Å². The summed E-state index contributed by atoms with van der Waals surface area (Å²) in [7, 11) is 3.37. The van der Waals surface area contributed by atoms with Crippen molar-refractivity contribution in [3.05, 3.63) is 50.6 Å². The molecule has 4 heterocycles. The van der Waals surface area contributed by atoms with E-state index >= 15 is 0 Å². The van der Waals surface area contributed by atoms with Gasteiger partial charge in [-0.05, 0) is 23.6 Å². The zero-order valence-electron chi connectivity index (χ0n) is 15.4. The van der Waals surface area contributed by atoms with Gasteiger partial charge in [0.2, 0.25) is 11.7 Å². The average Bonchev–Trinajstić information content (AvgIpc) is 3.42. The molecule has 0 N–H and O–H groups in total. The lowest BCUT2D eigenvalue weighted by atomic mass is 10.4. The van der Waals surface area contributed by atoms with E-state index in [2.05, 4.69) is 15.1 Å². The minimum Gasteiger partial charge on any atom is -0.338 e. The second kappa shape index (κ2) is 7.76. The number of nitrogens with zero attached hydrogens (tertiary/aromatic N) is 6. The number of hydrogen-bond donors (Lipinski definition) is 0. The van der Waals surface area contributed by atoms with Gasteiger partial charge in [-0.15, -0.1) is 11.3 Å². The summed E-state index contributed by atoms with van der Waals surface area (Å²) >= 11 is 3.19. The molecule has 0 amide bonds. The Balaban J connectivity index is 1.37. The van der Waals surface area contributed by atoms with Gasteiger partial charge in [0.1, 0.15) is 0 Å². The number of aromatic nitrogens is 6. The highest BCUT2D eigenvalue weighted by atomic mass is 32.2. The molecule has 4 aromatic rings. The van der Waals surface area contributed by atoms with E-state index in [1.54, 1.807) is 48.1 Å². The summed E-state index contributed by atoms with van der Waals surface area (Å²) in [6, 6.07) is 3.89. The Hall–Kier alpha value is -2.66. The summed E-state index contributed by atoms with van der Waals surface area (Å²) in [6.07, 6.45) is 2.22. The van der Waals surface area contributed by atoms with E-state index in [9.17, 15) is 9.59 Å². The molecule has 0 atom stereocenters. The van der Waals surface area contributed by atoms with Crippen molar-refractivity contribution < 1.29 is 4.52 Å². The van der Waals surface area contributed by atoms with Crippen LogP contribution in [0.4, 0.5) is 0 Å². The van der Waals surface area contributed by atoms with Crippen LogP contribution in [0.3, 0.4) is 0 Å².